The van der Waals surface area contributed by atoms with Crippen LogP contribution in [0.4, 0.5) is 0 Å². The normalized spacial score (nSPS) is 11.0. The summed E-state index contributed by atoms with van der Waals surface area (Å²) in [7, 11) is 1.96. The fourth-order valence-electron chi connectivity index (χ4n) is 2.90. The molecule has 1 heterocycles. The quantitative estimate of drug-likeness (QED) is 0.687. The van der Waals surface area contributed by atoms with Crippen molar-refractivity contribution in [1.82, 2.24) is 4.57 Å². The van der Waals surface area contributed by atoms with Crippen molar-refractivity contribution in [3.63, 3.8) is 0 Å². The second-order valence-electron chi connectivity index (χ2n) is 5.46. The van der Waals surface area contributed by atoms with Crippen LogP contribution in [-0.4, -0.2) is 29.7 Å². The summed E-state index contributed by atoms with van der Waals surface area (Å²) in [5.74, 6) is -0.698. The molecule has 2 aromatic carbocycles. The van der Waals surface area contributed by atoms with Gasteiger partial charge in [0.25, 0.3) is 0 Å². The number of rotatable bonds is 4. The van der Waals surface area contributed by atoms with E-state index in [1.807, 2.05) is 35.9 Å². The topological polar surface area (TPSA) is 57.5 Å². The van der Waals surface area contributed by atoms with Crippen molar-refractivity contribution in [1.29, 1.82) is 0 Å². The molecule has 0 saturated carbocycles. The number of benzene rings is 2. The zero-order chi connectivity index (χ0) is 17.3. The van der Waals surface area contributed by atoms with Crippen molar-refractivity contribution in [3.05, 3.63) is 47.5 Å². The van der Waals surface area contributed by atoms with Crippen LogP contribution in [0.25, 0.3) is 21.8 Å². The molecule has 124 valence electrons. The molecule has 0 radical (unpaired) electrons. The highest BCUT2D eigenvalue weighted by Crippen LogP contribution is 2.30. The van der Waals surface area contributed by atoms with Crippen LogP contribution in [0.2, 0.25) is 0 Å². The molecule has 0 fully saturated rings. The minimum Gasteiger partial charge on any atom is -0.462 e. The van der Waals surface area contributed by atoms with Crippen LogP contribution in [-0.2, 0) is 16.5 Å². The molecule has 24 heavy (non-hydrogen) atoms. The van der Waals surface area contributed by atoms with Crippen molar-refractivity contribution >= 4 is 33.7 Å². The first-order valence-corrected chi connectivity index (χ1v) is 7.93. The second-order valence-corrected chi connectivity index (χ2v) is 5.46. The summed E-state index contributed by atoms with van der Waals surface area (Å²) in [6.45, 7) is 4.22. The van der Waals surface area contributed by atoms with Crippen LogP contribution >= 0.6 is 0 Å². The maximum Gasteiger partial charge on any atom is 0.338 e. The molecule has 3 rings (SSSR count). The van der Waals surface area contributed by atoms with Gasteiger partial charge in [-0.3, -0.25) is 0 Å². The average Bonchev–Trinajstić information content (AvgIpc) is 2.87. The Hall–Kier alpha value is -2.82. The van der Waals surface area contributed by atoms with E-state index in [4.69, 9.17) is 9.47 Å². The highest BCUT2D eigenvalue weighted by molar-refractivity contribution is 6.11. The summed E-state index contributed by atoms with van der Waals surface area (Å²) in [5.41, 5.74) is 2.97. The van der Waals surface area contributed by atoms with Gasteiger partial charge in [-0.25, -0.2) is 9.59 Å². The molecule has 0 bridgehead atoms. The van der Waals surface area contributed by atoms with Crippen LogP contribution < -0.4 is 0 Å². The average molecular weight is 325 g/mol. The summed E-state index contributed by atoms with van der Waals surface area (Å²) >= 11 is 0. The van der Waals surface area contributed by atoms with Gasteiger partial charge < -0.3 is 14.0 Å². The summed E-state index contributed by atoms with van der Waals surface area (Å²) in [6.07, 6.45) is 0. The third kappa shape index (κ3) is 2.62. The predicted molar refractivity (Wildman–Crippen MR) is 92.3 cm³/mol. The molecule has 0 aliphatic heterocycles. The molecular weight excluding hydrogens is 306 g/mol. The van der Waals surface area contributed by atoms with E-state index in [9.17, 15) is 9.59 Å². The molecule has 3 aromatic rings. The summed E-state index contributed by atoms with van der Waals surface area (Å²) in [6, 6.07) is 10.9. The predicted octanol–water partition coefficient (Wildman–Crippen LogP) is 3.68. The molecule has 0 amide bonds. The summed E-state index contributed by atoms with van der Waals surface area (Å²) < 4.78 is 12.2. The highest BCUT2D eigenvalue weighted by atomic mass is 16.5. The zero-order valence-electron chi connectivity index (χ0n) is 14.0. The van der Waals surface area contributed by atoms with Crippen molar-refractivity contribution in [3.8, 4) is 0 Å². The van der Waals surface area contributed by atoms with E-state index >= 15 is 0 Å². The number of aromatic nitrogens is 1. The maximum atomic E-state index is 12.0. The highest BCUT2D eigenvalue weighted by Gasteiger charge is 2.15. The van der Waals surface area contributed by atoms with Gasteiger partial charge in [-0.15, -0.1) is 0 Å². The standard InChI is InChI=1S/C19H19NO4/c1-4-23-18(21)12-6-8-16-14(10-12)15-11-13(19(22)24-5-2)7-9-17(15)20(16)3/h6-11H,4-5H2,1-3H3. The van der Waals surface area contributed by atoms with E-state index in [-0.39, 0.29) is 11.9 Å². The van der Waals surface area contributed by atoms with Crippen LogP contribution in [0.3, 0.4) is 0 Å². The number of fused-ring (bicyclic) bond motifs is 3. The van der Waals surface area contributed by atoms with Crippen molar-refractivity contribution in [2.45, 2.75) is 13.8 Å². The molecular formula is C19H19NO4. The SMILES string of the molecule is CCOC(=O)c1ccc2c(c1)c1cc(C(=O)OCC)ccc1n2C. The van der Waals surface area contributed by atoms with Crippen LogP contribution in [0.5, 0.6) is 0 Å². The Kier molecular flexibility index (Phi) is 4.25. The number of hydrogen-bond acceptors (Lipinski definition) is 4. The first-order chi connectivity index (χ1) is 11.6. The van der Waals surface area contributed by atoms with Crippen LogP contribution in [0.15, 0.2) is 36.4 Å². The number of ether oxygens (including phenoxy) is 2. The number of nitrogens with zero attached hydrogens (tertiary/aromatic N) is 1. The molecule has 0 saturated heterocycles. The Labute approximate surface area is 139 Å². The lowest BCUT2D eigenvalue weighted by Crippen LogP contribution is -2.04. The molecule has 1 aromatic heterocycles. The van der Waals surface area contributed by atoms with Gasteiger partial charge >= 0.3 is 11.9 Å². The first kappa shape index (κ1) is 16.1. The third-order valence-corrected chi connectivity index (χ3v) is 4.03. The Balaban J connectivity index is 2.20. The summed E-state index contributed by atoms with van der Waals surface area (Å²) in [4.78, 5) is 24.0. The van der Waals surface area contributed by atoms with Gasteiger partial charge in [-0.2, -0.15) is 0 Å². The molecule has 5 nitrogen and oxygen atoms in total. The van der Waals surface area contributed by atoms with Gasteiger partial charge in [0.1, 0.15) is 0 Å². The van der Waals surface area contributed by atoms with E-state index in [0.717, 1.165) is 21.8 Å². The molecule has 0 aliphatic carbocycles. The molecule has 0 N–H and O–H groups in total. The molecule has 5 heteroatoms. The van der Waals surface area contributed by atoms with Crippen molar-refractivity contribution in [2.75, 3.05) is 13.2 Å². The smallest absolute Gasteiger partial charge is 0.338 e. The van der Waals surface area contributed by atoms with Gasteiger partial charge in [0.2, 0.25) is 0 Å². The van der Waals surface area contributed by atoms with E-state index in [0.29, 0.717) is 24.3 Å². The lowest BCUT2D eigenvalue weighted by atomic mass is 10.1. The van der Waals surface area contributed by atoms with E-state index in [1.165, 1.54) is 0 Å². The zero-order valence-corrected chi connectivity index (χ0v) is 14.0. The number of carbonyl (C=O) groups is 2. The fourth-order valence-corrected chi connectivity index (χ4v) is 2.90. The first-order valence-electron chi connectivity index (χ1n) is 7.93. The monoisotopic (exact) mass is 325 g/mol. The molecule has 0 atom stereocenters. The van der Waals surface area contributed by atoms with Crippen LogP contribution in [0.1, 0.15) is 34.6 Å². The fraction of sp³-hybridized carbons (Fsp3) is 0.263. The molecule has 0 unspecified atom stereocenters. The van der Waals surface area contributed by atoms with Gasteiger partial charge in [-0.1, -0.05) is 0 Å². The van der Waals surface area contributed by atoms with Crippen molar-refractivity contribution < 1.29 is 19.1 Å². The summed E-state index contributed by atoms with van der Waals surface area (Å²) in [5, 5.41) is 1.81. The minimum absolute atomic E-state index is 0.333. The third-order valence-electron chi connectivity index (χ3n) is 4.03. The van der Waals surface area contributed by atoms with Gasteiger partial charge in [0, 0.05) is 28.9 Å². The van der Waals surface area contributed by atoms with Crippen LogP contribution in [0, 0.1) is 0 Å². The van der Waals surface area contributed by atoms with Crippen molar-refractivity contribution in [2.24, 2.45) is 7.05 Å². The minimum atomic E-state index is -0.349. The Morgan fingerprint density at radius 3 is 1.62 bits per heavy atom. The van der Waals surface area contributed by atoms with E-state index in [1.54, 1.807) is 26.0 Å². The number of aryl methyl sites for hydroxylation is 1. The van der Waals surface area contributed by atoms with Gasteiger partial charge in [0.05, 0.1) is 24.3 Å². The lowest BCUT2D eigenvalue weighted by Gasteiger charge is -2.03. The van der Waals surface area contributed by atoms with E-state index in [2.05, 4.69) is 0 Å². The Morgan fingerprint density at radius 1 is 0.833 bits per heavy atom. The molecule has 0 spiro atoms. The Morgan fingerprint density at radius 2 is 1.25 bits per heavy atom. The number of esters is 2. The van der Waals surface area contributed by atoms with Gasteiger partial charge in [0.15, 0.2) is 0 Å². The second kappa shape index (κ2) is 6.35. The molecule has 0 aliphatic rings. The lowest BCUT2D eigenvalue weighted by molar-refractivity contribution is 0.0517. The Bertz CT molecular complexity index is 864. The van der Waals surface area contributed by atoms with E-state index < -0.39 is 0 Å². The number of hydrogen-bond donors (Lipinski definition) is 0. The maximum absolute atomic E-state index is 12.0. The number of carbonyl (C=O) groups excluding carboxylic acids is 2. The largest absolute Gasteiger partial charge is 0.462 e. The van der Waals surface area contributed by atoms with Gasteiger partial charge in [-0.05, 0) is 50.2 Å².